The summed E-state index contributed by atoms with van der Waals surface area (Å²) in [6.07, 6.45) is 8.15. The van der Waals surface area contributed by atoms with E-state index in [1.54, 1.807) is 12.5 Å². The Bertz CT molecular complexity index is 709. The summed E-state index contributed by atoms with van der Waals surface area (Å²) in [5.74, 6) is 0. The lowest BCUT2D eigenvalue weighted by Crippen LogP contribution is -2.43. The molecule has 1 aromatic carbocycles. The predicted molar refractivity (Wildman–Crippen MR) is 84.4 cm³/mol. The van der Waals surface area contributed by atoms with Crippen molar-refractivity contribution in [2.24, 2.45) is 0 Å². The van der Waals surface area contributed by atoms with E-state index in [0.29, 0.717) is 6.61 Å². The van der Waals surface area contributed by atoms with Crippen molar-refractivity contribution in [3.05, 3.63) is 60.0 Å². The van der Waals surface area contributed by atoms with Crippen molar-refractivity contribution in [2.75, 3.05) is 0 Å². The summed E-state index contributed by atoms with van der Waals surface area (Å²) >= 11 is 0. The highest BCUT2D eigenvalue weighted by molar-refractivity contribution is 5.74. The number of amides is 1. The van der Waals surface area contributed by atoms with E-state index in [0.717, 1.165) is 30.4 Å². The fourth-order valence-electron chi connectivity index (χ4n) is 3.49. The summed E-state index contributed by atoms with van der Waals surface area (Å²) in [5, 5.41) is 3.76. The first-order valence-corrected chi connectivity index (χ1v) is 7.91. The van der Waals surface area contributed by atoms with Crippen LogP contribution < -0.4 is 0 Å². The second-order valence-corrected chi connectivity index (χ2v) is 6.06. The first kappa shape index (κ1) is 14.1. The maximum atomic E-state index is 12.5. The van der Waals surface area contributed by atoms with Crippen molar-refractivity contribution in [1.29, 1.82) is 0 Å². The van der Waals surface area contributed by atoms with Crippen LogP contribution in [0.5, 0.6) is 0 Å². The van der Waals surface area contributed by atoms with E-state index in [9.17, 15) is 4.79 Å². The van der Waals surface area contributed by atoms with Crippen molar-refractivity contribution in [3.8, 4) is 0 Å². The fourth-order valence-corrected chi connectivity index (χ4v) is 3.49. The van der Waals surface area contributed by atoms with Crippen molar-refractivity contribution in [3.63, 3.8) is 0 Å². The number of carbonyl (C=O) groups is 1. The first-order valence-electron chi connectivity index (χ1n) is 7.91. The van der Waals surface area contributed by atoms with Gasteiger partial charge in [-0.3, -0.25) is 4.90 Å². The molecule has 0 spiro atoms. The molecule has 118 valence electrons. The number of hydrogen-bond acceptors (Lipinski definition) is 4. The Hall–Kier alpha value is -2.56. The highest BCUT2D eigenvalue weighted by atomic mass is 16.6. The Balaban J connectivity index is 1.45. The second-order valence-electron chi connectivity index (χ2n) is 6.06. The van der Waals surface area contributed by atoms with E-state index in [-0.39, 0.29) is 18.2 Å². The van der Waals surface area contributed by atoms with Gasteiger partial charge in [-0.15, -0.1) is 0 Å². The molecule has 0 N–H and O–H groups in total. The molecule has 3 heterocycles. The van der Waals surface area contributed by atoms with Gasteiger partial charge in [0.15, 0.2) is 0 Å². The number of rotatable bonds is 3. The third kappa shape index (κ3) is 2.74. The standard InChI is InChI=1S/C18H18N2O3/c21-18(22-11-13-4-2-1-3-5-13)20-16-6-7-17(20)9-14(8-16)15-10-19-23-12-15/h1-5,8,10,12,16-17H,6-7,9,11H2. The molecule has 2 unspecified atom stereocenters. The molecule has 0 aliphatic carbocycles. The van der Waals surface area contributed by atoms with Crippen LogP contribution in [0, 0.1) is 0 Å². The maximum absolute atomic E-state index is 12.5. The van der Waals surface area contributed by atoms with Gasteiger partial charge in [0.1, 0.15) is 12.9 Å². The highest BCUT2D eigenvalue weighted by Crippen LogP contribution is 2.38. The summed E-state index contributed by atoms with van der Waals surface area (Å²) in [4.78, 5) is 14.4. The summed E-state index contributed by atoms with van der Waals surface area (Å²) in [7, 11) is 0. The lowest BCUT2D eigenvalue weighted by Gasteiger charge is -2.32. The molecule has 5 heteroatoms. The zero-order chi connectivity index (χ0) is 15.6. The van der Waals surface area contributed by atoms with Crippen molar-refractivity contribution >= 4 is 11.7 Å². The molecule has 2 aromatic rings. The van der Waals surface area contributed by atoms with Gasteiger partial charge < -0.3 is 9.26 Å². The van der Waals surface area contributed by atoms with Crippen LogP contribution >= 0.6 is 0 Å². The minimum atomic E-state index is -0.220. The maximum Gasteiger partial charge on any atom is 0.410 e. The number of fused-ring (bicyclic) bond motifs is 2. The summed E-state index contributed by atoms with van der Waals surface area (Å²) in [6, 6.07) is 10.1. The van der Waals surface area contributed by atoms with E-state index < -0.39 is 0 Å². The van der Waals surface area contributed by atoms with E-state index in [2.05, 4.69) is 11.2 Å². The molecular weight excluding hydrogens is 292 g/mol. The topological polar surface area (TPSA) is 55.6 Å². The zero-order valence-electron chi connectivity index (χ0n) is 12.7. The van der Waals surface area contributed by atoms with Crippen LogP contribution in [0.15, 0.2) is 53.4 Å². The quantitative estimate of drug-likeness (QED) is 0.868. The molecule has 0 radical (unpaired) electrons. The van der Waals surface area contributed by atoms with Gasteiger partial charge in [0.25, 0.3) is 0 Å². The van der Waals surface area contributed by atoms with E-state index in [1.807, 2.05) is 35.2 Å². The monoisotopic (exact) mass is 310 g/mol. The minimum Gasteiger partial charge on any atom is -0.445 e. The number of benzene rings is 1. The molecule has 1 aromatic heterocycles. The summed E-state index contributed by atoms with van der Waals surface area (Å²) in [6.45, 7) is 0.317. The van der Waals surface area contributed by atoms with Crippen LogP contribution in [0.1, 0.15) is 30.4 Å². The molecule has 1 amide bonds. The molecule has 2 aliphatic rings. The molecule has 1 saturated heterocycles. The SMILES string of the molecule is O=C(OCc1ccccc1)N1C2C=C(c3cnoc3)CC1CC2. The van der Waals surface area contributed by atoms with Crippen LogP contribution in [0.25, 0.3) is 5.57 Å². The average Bonchev–Trinajstić information content (AvgIpc) is 3.20. The molecule has 2 bridgehead atoms. The van der Waals surface area contributed by atoms with Crippen LogP contribution in [-0.2, 0) is 11.3 Å². The highest BCUT2D eigenvalue weighted by Gasteiger charge is 2.40. The number of hydrogen-bond donors (Lipinski definition) is 0. The molecule has 0 saturated carbocycles. The Morgan fingerprint density at radius 1 is 1.30 bits per heavy atom. The molecular formula is C18H18N2O3. The third-order valence-corrected chi connectivity index (χ3v) is 4.61. The van der Waals surface area contributed by atoms with Crippen molar-refractivity contribution in [2.45, 2.75) is 38.0 Å². The zero-order valence-corrected chi connectivity index (χ0v) is 12.7. The molecule has 4 rings (SSSR count). The second kappa shape index (κ2) is 5.91. The first-order chi connectivity index (χ1) is 11.3. The Morgan fingerprint density at radius 2 is 2.17 bits per heavy atom. The Labute approximate surface area is 134 Å². The summed E-state index contributed by atoms with van der Waals surface area (Å²) in [5.41, 5.74) is 3.23. The Kier molecular flexibility index (Phi) is 3.61. The van der Waals surface area contributed by atoms with Gasteiger partial charge in [0.05, 0.1) is 12.2 Å². The van der Waals surface area contributed by atoms with Crippen LogP contribution in [0.3, 0.4) is 0 Å². The van der Waals surface area contributed by atoms with Gasteiger partial charge in [0, 0.05) is 11.6 Å². The van der Waals surface area contributed by atoms with E-state index in [1.165, 1.54) is 5.57 Å². The van der Waals surface area contributed by atoms with E-state index >= 15 is 0 Å². The number of nitrogens with zero attached hydrogens (tertiary/aromatic N) is 2. The average molecular weight is 310 g/mol. The largest absolute Gasteiger partial charge is 0.445 e. The lowest BCUT2D eigenvalue weighted by atomic mass is 9.97. The molecule has 1 fully saturated rings. The van der Waals surface area contributed by atoms with E-state index in [4.69, 9.17) is 9.26 Å². The number of carbonyl (C=O) groups excluding carboxylic acids is 1. The molecule has 5 nitrogen and oxygen atoms in total. The van der Waals surface area contributed by atoms with Crippen LogP contribution in [0.2, 0.25) is 0 Å². The van der Waals surface area contributed by atoms with Crippen molar-refractivity contribution in [1.82, 2.24) is 10.1 Å². The van der Waals surface area contributed by atoms with Gasteiger partial charge in [-0.05, 0) is 30.4 Å². The van der Waals surface area contributed by atoms with Gasteiger partial charge >= 0.3 is 6.09 Å². The van der Waals surface area contributed by atoms with Gasteiger partial charge in [-0.25, -0.2) is 4.79 Å². The Morgan fingerprint density at radius 3 is 2.91 bits per heavy atom. The molecule has 2 atom stereocenters. The summed E-state index contributed by atoms with van der Waals surface area (Å²) < 4.78 is 10.4. The van der Waals surface area contributed by atoms with Gasteiger partial charge in [-0.2, -0.15) is 0 Å². The lowest BCUT2D eigenvalue weighted by molar-refractivity contribution is 0.0832. The van der Waals surface area contributed by atoms with Crippen molar-refractivity contribution < 1.29 is 14.1 Å². The third-order valence-electron chi connectivity index (χ3n) is 4.61. The predicted octanol–water partition coefficient (Wildman–Crippen LogP) is 3.63. The number of ether oxygens (including phenoxy) is 1. The van der Waals surface area contributed by atoms with Crippen LogP contribution in [-0.4, -0.2) is 28.2 Å². The normalized spacial score (nSPS) is 22.8. The molecule has 2 aliphatic heterocycles. The fraction of sp³-hybridized carbons (Fsp3) is 0.333. The molecule has 23 heavy (non-hydrogen) atoms. The smallest absolute Gasteiger partial charge is 0.410 e. The van der Waals surface area contributed by atoms with Crippen LogP contribution in [0.4, 0.5) is 4.79 Å². The van der Waals surface area contributed by atoms with Gasteiger partial charge in [-0.1, -0.05) is 41.6 Å². The minimum absolute atomic E-state index is 0.113. The number of aromatic nitrogens is 1. The van der Waals surface area contributed by atoms with Gasteiger partial charge in [0.2, 0.25) is 0 Å².